The number of anilines is 2. The molecule has 0 saturated carbocycles. The Morgan fingerprint density at radius 2 is 1.05 bits per heavy atom. The minimum Gasteiger partial charge on any atom is -0.473 e. The van der Waals surface area contributed by atoms with Crippen molar-refractivity contribution < 1.29 is 25.9 Å². The van der Waals surface area contributed by atoms with Gasteiger partial charge >= 0.3 is 14.2 Å². The summed E-state index contributed by atoms with van der Waals surface area (Å²) in [6, 6.07) is 7.75. The van der Waals surface area contributed by atoms with Crippen LogP contribution in [0, 0.1) is 0 Å². The summed E-state index contributed by atoms with van der Waals surface area (Å²) in [7, 11) is -10.7. The van der Waals surface area contributed by atoms with Crippen LogP contribution < -0.4 is 10.5 Å². The van der Waals surface area contributed by atoms with E-state index in [1.54, 1.807) is 0 Å². The predicted molar refractivity (Wildman–Crippen MR) is 69.3 cm³/mol. The Hall–Kier alpha value is -1.99. The van der Waals surface area contributed by atoms with Gasteiger partial charge in [0.1, 0.15) is 0 Å². The topological polar surface area (TPSA) is 24.1 Å². The molecule has 0 unspecified atom stereocenters. The van der Waals surface area contributed by atoms with Gasteiger partial charge in [-0.1, -0.05) is 24.3 Å². The van der Waals surface area contributed by atoms with Gasteiger partial charge in [0.2, 0.25) is 0 Å². The Balaban J connectivity index is 2.58. The summed E-state index contributed by atoms with van der Waals surface area (Å²) in [5.74, 6) is 0. The van der Waals surface area contributed by atoms with Crippen molar-refractivity contribution in [3.8, 4) is 0 Å². The molecule has 10 heteroatoms. The smallest absolute Gasteiger partial charge is 0.473 e. The molecule has 2 nitrogen and oxygen atoms in total. The van der Waals surface area contributed by atoms with Gasteiger partial charge in [0.15, 0.2) is 0 Å². The quantitative estimate of drug-likeness (QED) is 0.646. The average molecular weight is 292 g/mol. The highest BCUT2D eigenvalue weighted by Crippen LogP contribution is 2.33. The molecule has 2 N–H and O–H groups in total. The van der Waals surface area contributed by atoms with E-state index in [1.165, 1.54) is 34.7 Å². The van der Waals surface area contributed by atoms with Gasteiger partial charge in [0.05, 0.1) is 0 Å². The first-order chi connectivity index (χ1) is 9.16. The third-order valence-corrected chi connectivity index (χ3v) is 2.54. The molecule has 0 aliphatic heterocycles. The van der Waals surface area contributed by atoms with Gasteiger partial charge in [-0.3, -0.25) is 0 Å². The van der Waals surface area contributed by atoms with E-state index in [0.29, 0.717) is 0 Å². The van der Waals surface area contributed by atoms with Gasteiger partial charge < -0.3 is 36.3 Å². The first kappa shape index (κ1) is 14.4. The summed E-state index contributed by atoms with van der Waals surface area (Å²) in [6.45, 7) is 0. The van der Waals surface area contributed by atoms with E-state index < -0.39 is 25.6 Å². The molecule has 0 spiro atoms. The largest absolute Gasteiger partial charge is 0.595 e. The minimum absolute atomic E-state index is 0.145. The minimum atomic E-state index is -5.37. The maximum absolute atomic E-state index is 12.5. The second-order valence-corrected chi connectivity index (χ2v) is 4.15. The van der Waals surface area contributed by atoms with Crippen LogP contribution in [0.1, 0.15) is 0 Å². The van der Waals surface area contributed by atoms with E-state index in [1.807, 2.05) is 0 Å². The lowest BCUT2D eigenvalue weighted by Gasteiger charge is -2.24. The number of hydrogen-bond donors (Lipinski definition) is 2. The molecule has 108 valence electrons. The van der Waals surface area contributed by atoms with Crippen LogP contribution in [0.5, 0.6) is 0 Å². The van der Waals surface area contributed by atoms with Crippen molar-refractivity contribution in [1.29, 1.82) is 0 Å². The molecular formula is C10H8B2F6N2-2. The fourth-order valence-electron chi connectivity index (χ4n) is 1.93. The molecule has 0 bridgehead atoms. The molecule has 2 aromatic rings. The van der Waals surface area contributed by atoms with Gasteiger partial charge in [0.25, 0.3) is 0 Å². The number of hydrogen-bond acceptors (Lipinski definition) is 2. The van der Waals surface area contributed by atoms with Crippen molar-refractivity contribution in [1.82, 2.24) is 0 Å². The summed E-state index contributed by atoms with van der Waals surface area (Å²) in [5, 5.41) is 2.76. The number of halogens is 6. The van der Waals surface area contributed by atoms with E-state index in [9.17, 15) is 25.9 Å². The van der Waals surface area contributed by atoms with Crippen LogP contribution in [-0.4, -0.2) is 14.2 Å². The monoisotopic (exact) mass is 292 g/mol. The Morgan fingerprint density at radius 3 is 1.40 bits per heavy atom. The summed E-state index contributed by atoms with van der Waals surface area (Å²) >= 11 is 0. The number of nitrogens with one attached hydrogen (secondary N) is 2. The maximum Gasteiger partial charge on any atom is 0.595 e. The molecule has 0 amide bonds. The van der Waals surface area contributed by atoms with Crippen LogP contribution >= 0.6 is 0 Å². The van der Waals surface area contributed by atoms with Crippen molar-refractivity contribution in [2.24, 2.45) is 0 Å². The Morgan fingerprint density at radius 1 is 0.650 bits per heavy atom. The zero-order chi connectivity index (χ0) is 15.0. The van der Waals surface area contributed by atoms with Gasteiger partial charge in [-0.15, -0.1) is 0 Å². The molecule has 0 aromatic heterocycles. The number of benzene rings is 2. The van der Waals surface area contributed by atoms with Crippen molar-refractivity contribution in [2.45, 2.75) is 0 Å². The van der Waals surface area contributed by atoms with Crippen LogP contribution in [-0.2, 0) is 0 Å². The van der Waals surface area contributed by atoms with E-state index in [-0.39, 0.29) is 10.8 Å². The summed E-state index contributed by atoms with van der Waals surface area (Å²) < 4.78 is 74.7. The van der Waals surface area contributed by atoms with Gasteiger partial charge in [-0.05, 0) is 17.5 Å². The lowest BCUT2D eigenvalue weighted by molar-refractivity contribution is 0.485. The molecule has 20 heavy (non-hydrogen) atoms. The number of rotatable bonds is 4. The molecule has 0 radical (unpaired) electrons. The summed E-state index contributed by atoms with van der Waals surface area (Å²) in [4.78, 5) is 0. The molecule has 0 saturated heterocycles. The fourth-order valence-corrected chi connectivity index (χ4v) is 1.93. The Labute approximate surface area is 110 Å². The fraction of sp³-hybridized carbons (Fsp3) is 0. The van der Waals surface area contributed by atoms with Crippen molar-refractivity contribution in [2.75, 3.05) is 10.5 Å². The zero-order valence-corrected chi connectivity index (χ0v) is 9.89. The molecule has 2 aromatic carbocycles. The Bertz CT molecular complexity index is 574. The van der Waals surface area contributed by atoms with Crippen molar-refractivity contribution in [3.05, 3.63) is 36.4 Å². The second kappa shape index (κ2) is 4.84. The zero-order valence-electron chi connectivity index (χ0n) is 9.89. The average Bonchev–Trinajstić information content (AvgIpc) is 2.25. The highest BCUT2D eigenvalue weighted by molar-refractivity contribution is 6.63. The first-order valence-electron chi connectivity index (χ1n) is 5.62. The van der Waals surface area contributed by atoms with Crippen LogP contribution in [0.2, 0.25) is 0 Å². The number of fused-ring (bicyclic) bond motifs is 1. The summed E-state index contributed by atoms with van der Waals surface area (Å²) in [6.07, 6.45) is 0. The normalized spacial score (nSPS) is 12.5. The molecule has 0 atom stereocenters. The van der Waals surface area contributed by atoms with E-state index in [0.717, 1.165) is 12.1 Å². The molecule has 0 heterocycles. The molecule has 2 rings (SSSR count). The molecule has 0 aliphatic rings. The second-order valence-electron chi connectivity index (χ2n) is 4.15. The lowest BCUT2D eigenvalue weighted by atomic mass is 10.0. The van der Waals surface area contributed by atoms with Gasteiger partial charge in [0, 0.05) is 16.8 Å². The lowest BCUT2D eigenvalue weighted by Crippen LogP contribution is -2.30. The van der Waals surface area contributed by atoms with Crippen LogP contribution in [0.3, 0.4) is 0 Å². The van der Waals surface area contributed by atoms with Crippen LogP contribution in [0.25, 0.3) is 10.8 Å². The highest BCUT2D eigenvalue weighted by Gasteiger charge is 2.27. The predicted octanol–water partition coefficient (Wildman–Crippen LogP) is 4.35. The molecule has 0 fully saturated rings. The van der Waals surface area contributed by atoms with Crippen molar-refractivity contribution >= 4 is 36.4 Å². The van der Waals surface area contributed by atoms with E-state index in [2.05, 4.69) is 0 Å². The SMILES string of the molecule is F[B-](F)(F)Nc1cccc2cccc(N[B-](F)(F)F)c12. The highest BCUT2D eigenvalue weighted by atomic mass is 19.4. The molecular weight excluding hydrogens is 284 g/mol. The Kier molecular flexibility index (Phi) is 3.49. The van der Waals surface area contributed by atoms with Crippen LogP contribution in [0.15, 0.2) is 36.4 Å². The van der Waals surface area contributed by atoms with Gasteiger partial charge in [-0.2, -0.15) is 0 Å². The van der Waals surface area contributed by atoms with Crippen molar-refractivity contribution in [3.63, 3.8) is 0 Å². The third kappa shape index (κ3) is 3.52. The standard InChI is InChI=1S/C10H8B2F6N2/c13-11(14,15)19-8-5-1-3-7-4-2-6-9(10(7)8)20-12(16,17)18/h1-6,19-20H/q-2. The third-order valence-electron chi connectivity index (χ3n) is 2.54. The van der Waals surface area contributed by atoms with E-state index in [4.69, 9.17) is 0 Å². The van der Waals surface area contributed by atoms with Gasteiger partial charge in [-0.25, -0.2) is 0 Å². The van der Waals surface area contributed by atoms with Crippen LogP contribution in [0.4, 0.5) is 37.3 Å². The first-order valence-corrected chi connectivity index (χ1v) is 5.62. The summed E-state index contributed by atoms with van der Waals surface area (Å²) in [5.41, 5.74) is -0.809. The maximum atomic E-state index is 12.5. The van der Waals surface area contributed by atoms with E-state index >= 15 is 0 Å². The molecule has 0 aliphatic carbocycles.